The summed E-state index contributed by atoms with van der Waals surface area (Å²) in [4.78, 5) is 51.0. The van der Waals surface area contributed by atoms with E-state index >= 15 is 0 Å². The number of nitriles is 1. The molecule has 3 N–H and O–H groups in total. The number of alkyl carbamates (subject to hydrolysis) is 1. The molecule has 0 fully saturated rings. The third kappa shape index (κ3) is 8.37. The number of nitrogens with one attached hydrogen (secondary N) is 2. The molecule has 0 bridgehead atoms. The molecule has 0 heterocycles. The van der Waals surface area contributed by atoms with Crippen LogP contribution in [0.2, 0.25) is 0 Å². The highest BCUT2D eigenvalue weighted by atomic mass is 16.6. The predicted molar refractivity (Wildman–Crippen MR) is 121 cm³/mol. The number of ether oxygens (including phenoxy) is 2. The van der Waals surface area contributed by atoms with Crippen LogP contribution in [0.15, 0.2) is 18.2 Å². The molecule has 0 saturated heterocycles. The first-order chi connectivity index (χ1) is 15.8. The van der Waals surface area contributed by atoms with Crippen LogP contribution in [0.3, 0.4) is 0 Å². The van der Waals surface area contributed by atoms with E-state index in [1.807, 2.05) is 19.9 Å². The van der Waals surface area contributed by atoms with Crippen molar-refractivity contribution in [1.82, 2.24) is 15.5 Å². The number of aliphatic hydroxyl groups excluding tert-OH is 1. The maximum atomic E-state index is 13.3. The SMILES string of the molecule is COC(=O)CNC(=O)C(c1ccc(C)c(C)c1)N(CC#N)C(=O)C(CO)NC(=O)OC(C)(C)C. The Morgan fingerprint density at radius 3 is 2.32 bits per heavy atom. The molecular weight excluding hydrogens is 444 g/mol. The minimum absolute atomic E-state index is 0.378. The van der Waals surface area contributed by atoms with Gasteiger partial charge >= 0.3 is 12.1 Å². The summed E-state index contributed by atoms with van der Waals surface area (Å²) in [6.07, 6.45) is -0.949. The molecule has 1 rings (SSSR count). The molecule has 186 valence electrons. The number of carbonyl (C=O) groups is 4. The highest BCUT2D eigenvalue weighted by Gasteiger charge is 2.36. The second-order valence-corrected chi connectivity index (χ2v) is 8.55. The van der Waals surface area contributed by atoms with Crippen LogP contribution >= 0.6 is 0 Å². The lowest BCUT2D eigenvalue weighted by atomic mass is 9.98. The van der Waals surface area contributed by atoms with E-state index in [4.69, 9.17) is 4.74 Å². The molecule has 0 aromatic heterocycles. The number of amides is 3. The fourth-order valence-electron chi connectivity index (χ4n) is 2.94. The molecule has 0 radical (unpaired) electrons. The van der Waals surface area contributed by atoms with Crippen molar-refractivity contribution in [2.75, 3.05) is 26.8 Å². The fraction of sp³-hybridized carbons (Fsp3) is 0.522. The van der Waals surface area contributed by atoms with Gasteiger partial charge in [0, 0.05) is 0 Å². The van der Waals surface area contributed by atoms with Crippen molar-refractivity contribution in [2.45, 2.75) is 52.3 Å². The molecule has 0 aliphatic heterocycles. The molecule has 2 atom stereocenters. The van der Waals surface area contributed by atoms with Gasteiger partial charge in [-0.2, -0.15) is 5.26 Å². The van der Waals surface area contributed by atoms with Crippen molar-refractivity contribution in [2.24, 2.45) is 0 Å². The van der Waals surface area contributed by atoms with E-state index in [1.54, 1.807) is 39.0 Å². The summed E-state index contributed by atoms with van der Waals surface area (Å²) < 4.78 is 9.67. The van der Waals surface area contributed by atoms with Crippen LogP contribution in [0.5, 0.6) is 0 Å². The summed E-state index contributed by atoms with van der Waals surface area (Å²) in [7, 11) is 1.16. The van der Waals surface area contributed by atoms with E-state index in [9.17, 15) is 29.5 Å². The predicted octanol–water partition coefficient (Wildman–Crippen LogP) is 0.872. The van der Waals surface area contributed by atoms with Gasteiger partial charge in [-0.3, -0.25) is 14.4 Å². The average Bonchev–Trinajstić information content (AvgIpc) is 2.76. The van der Waals surface area contributed by atoms with Gasteiger partial charge in [-0.1, -0.05) is 18.2 Å². The zero-order valence-electron chi connectivity index (χ0n) is 20.3. The lowest BCUT2D eigenvalue weighted by Crippen LogP contribution is -2.54. The van der Waals surface area contributed by atoms with E-state index in [2.05, 4.69) is 15.4 Å². The standard InChI is InChI=1S/C23H32N4O7/c1-14-7-8-16(11-15(14)2)19(20(30)25-12-18(29)33-6)27(10-9-24)21(31)17(13-28)26-22(32)34-23(3,4)5/h7-8,11,17,19,28H,10,12-13H2,1-6H3,(H,25,30)(H,26,32). The number of methoxy groups -OCH3 is 1. The zero-order valence-corrected chi connectivity index (χ0v) is 20.3. The highest BCUT2D eigenvalue weighted by molar-refractivity contribution is 5.93. The van der Waals surface area contributed by atoms with Gasteiger partial charge in [0.2, 0.25) is 11.8 Å². The molecule has 11 heteroatoms. The number of aryl methyl sites for hydroxylation is 2. The Hall–Kier alpha value is -3.65. The van der Waals surface area contributed by atoms with Gasteiger partial charge in [-0.15, -0.1) is 0 Å². The summed E-state index contributed by atoms with van der Waals surface area (Å²) in [6.45, 7) is 6.79. The zero-order chi connectivity index (χ0) is 26.1. The molecule has 0 aliphatic rings. The van der Waals surface area contributed by atoms with Gasteiger partial charge in [0.25, 0.3) is 0 Å². The smallest absolute Gasteiger partial charge is 0.408 e. The van der Waals surface area contributed by atoms with Crippen LogP contribution in [0.25, 0.3) is 0 Å². The molecule has 1 aromatic carbocycles. The Kier molecular flexibility index (Phi) is 10.5. The summed E-state index contributed by atoms with van der Waals surface area (Å²) in [5.41, 5.74) is 1.30. The Balaban J connectivity index is 3.38. The van der Waals surface area contributed by atoms with Crippen molar-refractivity contribution >= 4 is 23.9 Å². The molecule has 0 aliphatic carbocycles. The first-order valence-corrected chi connectivity index (χ1v) is 10.5. The molecule has 34 heavy (non-hydrogen) atoms. The third-order valence-corrected chi connectivity index (χ3v) is 4.74. The molecule has 2 unspecified atom stereocenters. The van der Waals surface area contributed by atoms with Crippen molar-refractivity contribution in [3.05, 3.63) is 34.9 Å². The summed E-state index contributed by atoms with van der Waals surface area (Å²) in [5, 5.41) is 23.8. The quantitative estimate of drug-likeness (QED) is 0.350. The third-order valence-electron chi connectivity index (χ3n) is 4.74. The molecule has 0 spiro atoms. The van der Waals surface area contributed by atoms with E-state index in [0.717, 1.165) is 23.1 Å². The topological polar surface area (TPSA) is 158 Å². The maximum Gasteiger partial charge on any atom is 0.408 e. The fourth-order valence-corrected chi connectivity index (χ4v) is 2.94. The molecule has 1 aromatic rings. The van der Waals surface area contributed by atoms with Crippen LogP contribution in [-0.4, -0.2) is 72.3 Å². The number of benzene rings is 1. The highest BCUT2D eigenvalue weighted by Crippen LogP contribution is 2.24. The first kappa shape index (κ1) is 28.4. The first-order valence-electron chi connectivity index (χ1n) is 10.5. The van der Waals surface area contributed by atoms with E-state index < -0.39 is 61.3 Å². The second kappa shape index (κ2) is 12.6. The number of nitrogens with zero attached hydrogens (tertiary/aromatic N) is 2. The maximum absolute atomic E-state index is 13.3. The molecule has 11 nitrogen and oxygen atoms in total. The van der Waals surface area contributed by atoms with Crippen molar-refractivity contribution < 1.29 is 33.8 Å². The van der Waals surface area contributed by atoms with E-state index in [1.165, 1.54) is 0 Å². The monoisotopic (exact) mass is 476 g/mol. The van der Waals surface area contributed by atoms with Gasteiger partial charge in [0.15, 0.2) is 0 Å². The number of hydrogen-bond donors (Lipinski definition) is 3. The van der Waals surface area contributed by atoms with Gasteiger partial charge < -0.3 is 30.1 Å². The van der Waals surface area contributed by atoms with Gasteiger partial charge in [0.05, 0.1) is 19.8 Å². The number of esters is 1. The van der Waals surface area contributed by atoms with Gasteiger partial charge in [-0.05, 0) is 51.3 Å². The number of carbonyl (C=O) groups excluding carboxylic acids is 4. The number of rotatable bonds is 9. The number of aliphatic hydroxyl groups is 1. The lowest BCUT2D eigenvalue weighted by Gasteiger charge is -2.32. The van der Waals surface area contributed by atoms with Gasteiger partial charge in [-0.25, -0.2) is 4.79 Å². The number of hydrogen-bond acceptors (Lipinski definition) is 8. The molecule has 3 amide bonds. The van der Waals surface area contributed by atoms with Crippen LogP contribution < -0.4 is 10.6 Å². The Morgan fingerprint density at radius 1 is 1.18 bits per heavy atom. The minimum Gasteiger partial charge on any atom is -0.468 e. The summed E-state index contributed by atoms with van der Waals surface area (Å²) in [6, 6.07) is 4.09. The Morgan fingerprint density at radius 2 is 1.82 bits per heavy atom. The van der Waals surface area contributed by atoms with Crippen molar-refractivity contribution in [1.29, 1.82) is 5.26 Å². The average molecular weight is 477 g/mol. The van der Waals surface area contributed by atoms with E-state index in [-0.39, 0.29) is 0 Å². The molecule has 0 saturated carbocycles. The van der Waals surface area contributed by atoms with E-state index in [0.29, 0.717) is 5.56 Å². The second-order valence-electron chi connectivity index (χ2n) is 8.55. The Labute approximate surface area is 199 Å². The van der Waals surface area contributed by atoms with Crippen molar-refractivity contribution in [3.63, 3.8) is 0 Å². The van der Waals surface area contributed by atoms with Crippen molar-refractivity contribution in [3.8, 4) is 6.07 Å². The van der Waals surface area contributed by atoms with Gasteiger partial charge in [0.1, 0.15) is 30.8 Å². The summed E-state index contributed by atoms with van der Waals surface area (Å²) in [5.74, 6) is -2.33. The van der Waals surface area contributed by atoms with Crippen LogP contribution in [0.4, 0.5) is 4.79 Å². The largest absolute Gasteiger partial charge is 0.468 e. The normalized spacial score (nSPS) is 12.5. The van der Waals surface area contributed by atoms with Crippen LogP contribution in [0.1, 0.15) is 43.5 Å². The lowest BCUT2D eigenvalue weighted by molar-refractivity contribution is -0.144. The summed E-state index contributed by atoms with van der Waals surface area (Å²) >= 11 is 0. The minimum atomic E-state index is -1.48. The van der Waals surface area contributed by atoms with Crippen LogP contribution in [0, 0.1) is 25.2 Å². The molecular formula is C23H32N4O7. The Bertz CT molecular complexity index is 950. The van der Waals surface area contributed by atoms with Crippen LogP contribution in [-0.2, 0) is 23.9 Å².